The van der Waals surface area contributed by atoms with E-state index in [1.807, 2.05) is 61.5 Å². The van der Waals surface area contributed by atoms with Crippen LogP contribution in [0.4, 0.5) is 0 Å². The number of carbonyl (C=O) groups is 1. The fourth-order valence-electron chi connectivity index (χ4n) is 3.31. The van der Waals surface area contributed by atoms with Crippen LogP contribution in [-0.4, -0.2) is 33.8 Å². The van der Waals surface area contributed by atoms with Gasteiger partial charge in [-0.15, -0.1) is 11.3 Å². The Hall–Kier alpha value is -3.12. The van der Waals surface area contributed by atoms with E-state index in [2.05, 4.69) is 22.5 Å². The van der Waals surface area contributed by atoms with Gasteiger partial charge in [-0.2, -0.15) is 0 Å². The molecule has 2 heterocycles. The van der Waals surface area contributed by atoms with E-state index < -0.39 is 0 Å². The number of hydrogen-bond acceptors (Lipinski definition) is 4. The van der Waals surface area contributed by atoms with E-state index in [4.69, 9.17) is 4.74 Å². The van der Waals surface area contributed by atoms with Gasteiger partial charge in [-0.25, -0.2) is 4.98 Å². The molecule has 0 bridgehead atoms. The van der Waals surface area contributed by atoms with E-state index in [0.29, 0.717) is 12.3 Å². The van der Waals surface area contributed by atoms with Crippen molar-refractivity contribution in [2.45, 2.75) is 20.4 Å². The van der Waals surface area contributed by atoms with Gasteiger partial charge in [0, 0.05) is 23.7 Å². The third kappa shape index (κ3) is 4.03. The number of benzene rings is 2. The van der Waals surface area contributed by atoms with Crippen molar-refractivity contribution in [1.82, 2.24) is 14.3 Å². The van der Waals surface area contributed by atoms with E-state index in [1.54, 1.807) is 23.3 Å². The second kappa shape index (κ2) is 8.09. The van der Waals surface area contributed by atoms with Gasteiger partial charge in [-0.05, 0) is 25.5 Å². The van der Waals surface area contributed by atoms with Gasteiger partial charge < -0.3 is 9.64 Å². The maximum atomic E-state index is 12.7. The molecule has 6 heteroatoms. The lowest BCUT2D eigenvalue weighted by Gasteiger charge is -2.18. The normalized spacial score (nSPS) is 11.0. The van der Waals surface area contributed by atoms with Gasteiger partial charge >= 0.3 is 0 Å². The van der Waals surface area contributed by atoms with Crippen LogP contribution in [-0.2, 0) is 11.3 Å². The molecule has 0 aliphatic carbocycles. The number of thiazole rings is 1. The van der Waals surface area contributed by atoms with Crippen LogP contribution in [0.2, 0.25) is 0 Å². The van der Waals surface area contributed by atoms with Gasteiger partial charge in [0.15, 0.2) is 11.6 Å². The summed E-state index contributed by atoms with van der Waals surface area (Å²) in [5.41, 5.74) is 4.02. The van der Waals surface area contributed by atoms with Crippen molar-refractivity contribution in [3.05, 3.63) is 77.1 Å². The molecule has 0 fully saturated rings. The Morgan fingerprint density at radius 2 is 1.83 bits per heavy atom. The van der Waals surface area contributed by atoms with Crippen LogP contribution in [0.25, 0.3) is 16.1 Å². The van der Waals surface area contributed by atoms with Gasteiger partial charge in [-0.1, -0.05) is 48.5 Å². The van der Waals surface area contributed by atoms with Crippen molar-refractivity contribution >= 4 is 22.2 Å². The number of imidazole rings is 1. The molecule has 5 nitrogen and oxygen atoms in total. The molecule has 0 spiro atoms. The predicted molar refractivity (Wildman–Crippen MR) is 116 cm³/mol. The Labute approximate surface area is 174 Å². The average Bonchev–Trinajstić information content (AvgIpc) is 3.22. The number of nitrogens with zero attached hydrogens (tertiary/aromatic N) is 3. The first-order valence-corrected chi connectivity index (χ1v) is 10.3. The third-order valence-electron chi connectivity index (χ3n) is 4.88. The second-order valence-corrected chi connectivity index (χ2v) is 8.25. The molecule has 0 aliphatic heterocycles. The predicted octanol–water partition coefficient (Wildman–Crippen LogP) is 4.72. The van der Waals surface area contributed by atoms with Crippen molar-refractivity contribution in [3.63, 3.8) is 0 Å². The number of aromatic nitrogens is 2. The first-order chi connectivity index (χ1) is 14.0. The monoisotopic (exact) mass is 405 g/mol. The molecular weight excluding hydrogens is 382 g/mol. The Balaban J connectivity index is 1.46. The molecule has 0 radical (unpaired) electrons. The second-order valence-electron chi connectivity index (χ2n) is 7.04. The topological polar surface area (TPSA) is 46.8 Å². The number of carbonyl (C=O) groups excluding carboxylic acids is 1. The van der Waals surface area contributed by atoms with E-state index in [0.717, 1.165) is 27.5 Å². The highest BCUT2D eigenvalue weighted by atomic mass is 32.1. The molecule has 0 unspecified atom stereocenters. The van der Waals surface area contributed by atoms with Crippen LogP contribution in [0.1, 0.15) is 16.3 Å². The molecule has 4 aromatic rings. The molecule has 148 valence electrons. The van der Waals surface area contributed by atoms with Crippen LogP contribution >= 0.6 is 11.3 Å². The number of para-hydroxylation sites is 1. The molecule has 1 amide bonds. The minimum Gasteiger partial charge on any atom is -0.483 e. The minimum absolute atomic E-state index is 0.00991. The molecule has 2 aromatic heterocycles. The van der Waals surface area contributed by atoms with Crippen LogP contribution in [0, 0.1) is 13.8 Å². The minimum atomic E-state index is -0.0748. The molecule has 29 heavy (non-hydrogen) atoms. The number of likely N-dealkylation sites (N-methyl/N-ethyl adjacent to an activating group) is 1. The fraction of sp³-hybridized carbons (Fsp3) is 0.217. The Morgan fingerprint density at radius 3 is 2.62 bits per heavy atom. The lowest BCUT2D eigenvalue weighted by atomic mass is 10.1. The maximum absolute atomic E-state index is 12.7. The first kappa shape index (κ1) is 19.2. The molecule has 0 N–H and O–H groups in total. The van der Waals surface area contributed by atoms with Gasteiger partial charge in [0.05, 0.1) is 17.9 Å². The number of hydrogen-bond donors (Lipinski definition) is 0. The molecular formula is C23H23N3O2S. The van der Waals surface area contributed by atoms with Gasteiger partial charge in [0.2, 0.25) is 0 Å². The molecule has 0 aliphatic rings. The van der Waals surface area contributed by atoms with E-state index >= 15 is 0 Å². The summed E-state index contributed by atoms with van der Waals surface area (Å²) in [6, 6.07) is 17.8. The van der Waals surface area contributed by atoms with Crippen molar-refractivity contribution in [1.29, 1.82) is 0 Å². The molecule has 0 saturated carbocycles. The lowest BCUT2D eigenvalue weighted by Crippen LogP contribution is -2.31. The number of amides is 1. The highest BCUT2D eigenvalue weighted by Crippen LogP contribution is 2.29. The fourth-order valence-corrected chi connectivity index (χ4v) is 4.20. The summed E-state index contributed by atoms with van der Waals surface area (Å²) >= 11 is 1.65. The number of aryl methyl sites for hydroxylation is 2. The zero-order chi connectivity index (χ0) is 20.4. The first-order valence-electron chi connectivity index (χ1n) is 9.48. The van der Waals surface area contributed by atoms with Gasteiger partial charge in [0.25, 0.3) is 5.91 Å². The summed E-state index contributed by atoms with van der Waals surface area (Å²) in [6.45, 7) is 4.52. The van der Waals surface area contributed by atoms with Gasteiger partial charge in [0.1, 0.15) is 5.75 Å². The molecule has 4 rings (SSSR count). The quantitative estimate of drug-likeness (QED) is 0.466. The van der Waals surface area contributed by atoms with E-state index in [9.17, 15) is 4.79 Å². The maximum Gasteiger partial charge on any atom is 0.260 e. The number of rotatable bonds is 6. The van der Waals surface area contributed by atoms with Crippen LogP contribution < -0.4 is 4.74 Å². The van der Waals surface area contributed by atoms with E-state index in [1.165, 1.54) is 4.88 Å². The Kier molecular flexibility index (Phi) is 5.36. The highest BCUT2D eigenvalue weighted by molar-refractivity contribution is 7.17. The molecule has 0 atom stereocenters. The largest absolute Gasteiger partial charge is 0.483 e. The third-order valence-corrected chi connectivity index (χ3v) is 5.77. The van der Waals surface area contributed by atoms with Crippen molar-refractivity contribution < 1.29 is 9.53 Å². The Morgan fingerprint density at radius 1 is 1.10 bits per heavy atom. The smallest absolute Gasteiger partial charge is 0.260 e. The zero-order valence-corrected chi connectivity index (χ0v) is 17.6. The number of ether oxygens (including phenoxy) is 1. The zero-order valence-electron chi connectivity index (χ0n) is 16.8. The summed E-state index contributed by atoms with van der Waals surface area (Å²) in [4.78, 5) is 21.2. The highest BCUT2D eigenvalue weighted by Gasteiger charge is 2.17. The van der Waals surface area contributed by atoms with Crippen LogP contribution in [0.5, 0.6) is 5.75 Å². The van der Waals surface area contributed by atoms with Crippen LogP contribution in [0.15, 0.2) is 60.8 Å². The van der Waals surface area contributed by atoms with Crippen molar-refractivity contribution in [3.8, 4) is 16.9 Å². The van der Waals surface area contributed by atoms with Crippen molar-refractivity contribution in [2.24, 2.45) is 0 Å². The van der Waals surface area contributed by atoms with Crippen molar-refractivity contribution in [2.75, 3.05) is 13.7 Å². The average molecular weight is 406 g/mol. The summed E-state index contributed by atoms with van der Waals surface area (Å²) < 4.78 is 7.98. The summed E-state index contributed by atoms with van der Waals surface area (Å²) in [6.07, 6.45) is 2.07. The molecule has 0 saturated heterocycles. The summed E-state index contributed by atoms with van der Waals surface area (Å²) in [5, 5.41) is 0. The number of fused-ring (bicyclic) bond motifs is 1. The van der Waals surface area contributed by atoms with Crippen LogP contribution in [0.3, 0.4) is 0 Å². The molecule has 2 aromatic carbocycles. The van der Waals surface area contributed by atoms with Gasteiger partial charge in [-0.3, -0.25) is 9.20 Å². The van der Waals surface area contributed by atoms with E-state index in [-0.39, 0.29) is 12.5 Å². The standard InChI is InChI=1S/C23H23N3O2S/c1-16-13-26-20(17(2)24-23(26)29-16)14-25(3)22(27)15-28-21-12-8-7-11-19(21)18-9-5-4-6-10-18/h4-13H,14-15H2,1-3H3. The summed E-state index contributed by atoms with van der Waals surface area (Å²) in [5.74, 6) is 0.631. The lowest BCUT2D eigenvalue weighted by molar-refractivity contribution is -0.132. The SMILES string of the molecule is Cc1cn2c(CN(C)C(=O)COc3ccccc3-c3ccccc3)c(C)nc2s1. The summed E-state index contributed by atoms with van der Waals surface area (Å²) in [7, 11) is 1.80. The Bertz CT molecular complexity index is 1150.